The van der Waals surface area contributed by atoms with E-state index >= 15 is 0 Å². The van der Waals surface area contributed by atoms with Gasteiger partial charge in [-0.15, -0.1) is 0 Å². The molecule has 0 heterocycles. The van der Waals surface area contributed by atoms with E-state index in [1.54, 1.807) is 6.92 Å². The zero-order valence-corrected chi connectivity index (χ0v) is 10.9. The fourth-order valence-electron chi connectivity index (χ4n) is 2.40. The molecule has 2 rings (SSSR count). The van der Waals surface area contributed by atoms with Gasteiger partial charge in [0.2, 0.25) is 0 Å². The average molecular weight is 266 g/mol. The van der Waals surface area contributed by atoms with E-state index in [2.05, 4.69) is 5.32 Å². The molecule has 0 aromatic heterocycles. The van der Waals surface area contributed by atoms with Gasteiger partial charge in [-0.1, -0.05) is 0 Å². The van der Waals surface area contributed by atoms with E-state index in [0.717, 1.165) is 12.8 Å². The van der Waals surface area contributed by atoms with Crippen LogP contribution >= 0.6 is 0 Å². The number of nitrogens with one attached hydrogen (secondary N) is 1. The van der Waals surface area contributed by atoms with Gasteiger partial charge in [0.15, 0.2) is 0 Å². The number of amides is 1. The number of rotatable bonds is 3. The number of aliphatic hydroxyl groups is 1. The molecular weight excluding hydrogens is 247 g/mol. The van der Waals surface area contributed by atoms with Gasteiger partial charge in [0.05, 0.1) is 6.10 Å². The summed E-state index contributed by atoms with van der Waals surface area (Å²) >= 11 is 0. The maximum atomic E-state index is 13.5. The number of nitrogen functional groups attached to an aromatic ring is 1. The predicted octanol–water partition coefficient (Wildman–Crippen LogP) is 1.61. The normalized spacial score (nSPS) is 22.5. The van der Waals surface area contributed by atoms with Crippen molar-refractivity contribution in [3.8, 4) is 0 Å². The van der Waals surface area contributed by atoms with Gasteiger partial charge in [0, 0.05) is 23.4 Å². The van der Waals surface area contributed by atoms with Gasteiger partial charge in [-0.2, -0.15) is 0 Å². The van der Waals surface area contributed by atoms with Crippen molar-refractivity contribution in [2.75, 3.05) is 12.3 Å². The second-order valence-corrected chi connectivity index (χ2v) is 5.22. The van der Waals surface area contributed by atoms with Crippen LogP contribution in [0.4, 0.5) is 10.1 Å². The van der Waals surface area contributed by atoms with E-state index in [1.807, 2.05) is 0 Å². The summed E-state index contributed by atoms with van der Waals surface area (Å²) in [6.07, 6.45) is 2.15. The quantitative estimate of drug-likeness (QED) is 0.727. The number of carbonyl (C=O) groups is 1. The minimum Gasteiger partial charge on any atom is -0.398 e. The number of halogens is 1. The smallest absolute Gasteiger partial charge is 0.251 e. The third-order valence-electron chi connectivity index (χ3n) is 3.71. The Bertz CT molecular complexity index is 467. The maximum Gasteiger partial charge on any atom is 0.251 e. The minimum atomic E-state index is -0.471. The first-order chi connectivity index (χ1) is 8.97. The molecule has 1 saturated carbocycles. The minimum absolute atomic E-state index is 0.235. The van der Waals surface area contributed by atoms with Crippen molar-refractivity contribution in [1.82, 2.24) is 5.32 Å². The predicted molar refractivity (Wildman–Crippen MR) is 71.2 cm³/mol. The monoisotopic (exact) mass is 266 g/mol. The standard InChI is InChI=1S/C14H19FN2O2/c1-8-12(15)5-10(6-13(8)16)14(19)17-7-9-2-3-11(18)4-9/h5-6,9,11,18H,2-4,7,16H2,1H3,(H,17,19). The molecule has 1 aromatic rings. The van der Waals surface area contributed by atoms with Crippen molar-refractivity contribution in [3.05, 3.63) is 29.1 Å². The van der Waals surface area contributed by atoms with Crippen molar-refractivity contribution in [3.63, 3.8) is 0 Å². The van der Waals surface area contributed by atoms with Crippen LogP contribution in [0.25, 0.3) is 0 Å². The molecule has 0 aliphatic heterocycles. The van der Waals surface area contributed by atoms with Gasteiger partial charge in [-0.05, 0) is 44.2 Å². The van der Waals surface area contributed by atoms with Crippen molar-refractivity contribution >= 4 is 11.6 Å². The highest BCUT2D eigenvalue weighted by Gasteiger charge is 2.23. The maximum absolute atomic E-state index is 13.5. The number of anilines is 1. The van der Waals surface area contributed by atoms with Crippen LogP contribution in [0.1, 0.15) is 35.2 Å². The molecule has 2 atom stereocenters. The van der Waals surface area contributed by atoms with E-state index < -0.39 is 5.82 Å². The van der Waals surface area contributed by atoms with Gasteiger partial charge >= 0.3 is 0 Å². The van der Waals surface area contributed by atoms with Crippen molar-refractivity contribution in [2.24, 2.45) is 5.92 Å². The fraction of sp³-hybridized carbons (Fsp3) is 0.500. The molecule has 0 bridgehead atoms. The lowest BCUT2D eigenvalue weighted by Crippen LogP contribution is -2.28. The third-order valence-corrected chi connectivity index (χ3v) is 3.71. The summed E-state index contributed by atoms with van der Waals surface area (Å²) in [7, 11) is 0. The molecule has 1 fully saturated rings. The molecule has 0 saturated heterocycles. The van der Waals surface area contributed by atoms with Crippen LogP contribution in [-0.4, -0.2) is 23.7 Å². The van der Waals surface area contributed by atoms with Crippen LogP contribution < -0.4 is 11.1 Å². The van der Waals surface area contributed by atoms with E-state index in [9.17, 15) is 14.3 Å². The Morgan fingerprint density at radius 2 is 2.26 bits per heavy atom. The van der Waals surface area contributed by atoms with Crippen molar-refractivity contribution in [1.29, 1.82) is 0 Å². The molecule has 1 aliphatic carbocycles. The molecule has 1 aliphatic rings. The van der Waals surface area contributed by atoms with Crippen LogP contribution in [0.15, 0.2) is 12.1 Å². The highest BCUT2D eigenvalue weighted by atomic mass is 19.1. The first kappa shape index (κ1) is 13.8. The summed E-state index contributed by atoms with van der Waals surface area (Å²) < 4.78 is 13.5. The zero-order valence-electron chi connectivity index (χ0n) is 10.9. The molecule has 19 heavy (non-hydrogen) atoms. The van der Waals surface area contributed by atoms with Gasteiger partial charge in [-0.3, -0.25) is 4.79 Å². The SMILES string of the molecule is Cc1c(N)cc(C(=O)NCC2CCC(O)C2)cc1F. The lowest BCUT2D eigenvalue weighted by Gasteiger charge is -2.12. The van der Waals surface area contributed by atoms with E-state index in [4.69, 9.17) is 5.73 Å². The third kappa shape index (κ3) is 3.23. The Morgan fingerprint density at radius 1 is 1.53 bits per heavy atom. The number of benzene rings is 1. The number of carbonyl (C=O) groups excluding carboxylic acids is 1. The number of nitrogens with two attached hydrogens (primary N) is 1. The van der Waals surface area contributed by atoms with Crippen LogP contribution in [0.5, 0.6) is 0 Å². The van der Waals surface area contributed by atoms with Crippen LogP contribution in [0.3, 0.4) is 0 Å². The van der Waals surface area contributed by atoms with E-state index in [1.165, 1.54) is 12.1 Å². The lowest BCUT2D eigenvalue weighted by atomic mass is 10.1. The highest BCUT2D eigenvalue weighted by molar-refractivity contribution is 5.95. The first-order valence-electron chi connectivity index (χ1n) is 6.49. The second-order valence-electron chi connectivity index (χ2n) is 5.22. The molecule has 5 heteroatoms. The summed E-state index contributed by atoms with van der Waals surface area (Å²) in [6.45, 7) is 2.08. The molecule has 0 spiro atoms. The number of hydrogen-bond donors (Lipinski definition) is 3. The van der Waals surface area contributed by atoms with Crippen molar-refractivity contribution in [2.45, 2.75) is 32.3 Å². The second kappa shape index (κ2) is 5.57. The Balaban J connectivity index is 1.96. The molecule has 4 nitrogen and oxygen atoms in total. The Labute approximate surface area is 111 Å². The summed E-state index contributed by atoms with van der Waals surface area (Å²) in [6, 6.07) is 2.68. The largest absolute Gasteiger partial charge is 0.398 e. The molecule has 2 unspecified atom stereocenters. The molecular formula is C14H19FN2O2. The Morgan fingerprint density at radius 3 is 2.84 bits per heavy atom. The van der Waals surface area contributed by atoms with Gasteiger partial charge in [-0.25, -0.2) is 4.39 Å². The van der Waals surface area contributed by atoms with Crippen molar-refractivity contribution < 1.29 is 14.3 Å². The topological polar surface area (TPSA) is 75.4 Å². The van der Waals surface area contributed by atoms with Crippen LogP contribution in [0, 0.1) is 18.7 Å². The Kier molecular flexibility index (Phi) is 4.04. The average Bonchev–Trinajstić information content (AvgIpc) is 2.78. The first-order valence-corrected chi connectivity index (χ1v) is 6.49. The summed E-state index contributed by atoms with van der Waals surface area (Å²) in [4.78, 5) is 11.9. The van der Waals surface area contributed by atoms with Gasteiger partial charge < -0.3 is 16.2 Å². The zero-order chi connectivity index (χ0) is 14.0. The number of aliphatic hydroxyl groups excluding tert-OH is 1. The summed E-state index contributed by atoms with van der Waals surface area (Å²) in [5.41, 5.74) is 6.51. The van der Waals surface area contributed by atoms with Gasteiger partial charge in [0.25, 0.3) is 5.91 Å². The highest BCUT2D eigenvalue weighted by Crippen LogP contribution is 2.24. The van der Waals surface area contributed by atoms with Gasteiger partial charge in [0.1, 0.15) is 5.82 Å². The van der Waals surface area contributed by atoms with E-state index in [0.29, 0.717) is 24.4 Å². The number of hydrogen-bond acceptors (Lipinski definition) is 3. The summed E-state index contributed by atoms with van der Waals surface area (Å²) in [5.74, 6) is -0.500. The fourth-order valence-corrected chi connectivity index (χ4v) is 2.40. The molecule has 4 N–H and O–H groups in total. The lowest BCUT2D eigenvalue weighted by molar-refractivity contribution is 0.0944. The molecule has 1 amide bonds. The van der Waals surface area contributed by atoms with E-state index in [-0.39, 0.29) is 23.3 Å². The van der Waals surface area contributed by atoms with Crippen LogP contribution in [-0.2, 0) is 0 Å². The summed E-state index contributed by atoms with van der Waals surface area (Å²) in [5, 5.41) is 12.2. The Hall–Kier alpha value is -1.62. The molecule has 1 aromatic carbocycles. The molecule has 104 valence electrons. The molecule has 0 radical (unpaired) electrons. The van der Waals surface area contributed by atoms with Crippen LogP contribution in [0.2, 0.25) is 0 Å².